The van der Waals surface area contributed by atoms with E-state index in [1.54, 1.807) is 0 Å². The summed E-state index contributed by atoms with van der Waals surface area (Å²) in [5.41, 5.74) is 1.35. The van der Waals surface area contributed by atoms with Crippen molar-refractivity contribution in [2.75, 3.05) is 0 Å². The van der Waals surface area contributed by atoms with Crippen LogP contribution in [0.4, 0.5) is 0 Å². The molecule has 1 aromatic heterocycles. The molecule has 106 valence electrons. The molecule has 0 spiro atoms. The van der Waals surface area contributed by atoms with E-state index in [0.29, 0.717) is 12.0 Å². The molecule has 0 bridgehead atoms. The Morgan fingerprint density at radius 3 is 2.80 bits per heavy atom. The zero-order valence-corrected chi connectivity index (χ0v) is 12.1. The summed E-state index contributed by atoms with van der Waals surface area (Å²) < 4.78 is 1.95. The molecular formula is C15H21N5. The van der Waals surface area contributed by atoms with E-state index < -0.39 is 0 Å². The van der Waals surface area contributed by atoms with Gasteiger partial charge in [0.25, 0.3) is 0 Å². The Morgan fingerprint density at radius 1 is 1.25 bits per heavy atom. The third kappa shape index (κ3) is 2.88. The summed E-state index contributed by atoms with van der Waals surface area (Å²) in [5.74, 6) is 1.65. The predicted molar refractivity (Wildman–Crippen MR) is 76.7 cm³/mol. The minimum absolute atomic E-state index is 0.506. The van der Waals surface area contributed by atoms with E-state index in [1.165, 1.54) is 12.0 Å². The highest BCUT2D eigenvalue weighted by Crippen LogP contribution is 2.22. The number of rotatable bonds is 4. The molecule has 0 amide bonds. The van der Waals surface area contributed by atoms with Gasteiger partial charge in [0.05, 0.1) is 13.1 Å². The van der Waals surface area contributed by atoms with Crippen LogP contribution in [-0.4, -0.2) is 31.1 Å². The van der Waals surface area contributed by atoms with Crippen LogP contribution < -0.4 is 0 Å². The highest BCUT2D eigenvalue weighted by Gasteiger charge is 2.28. The molecule has 5 heteroatoms. The van der Waals surface area contributed by atoms with Crippen LogP contribution in [0.2, 0.25) is 0 Å². The highest BCUT2D eigenvalue weighted by atomic mass is 15.6. The lowest BCUT2D eigenvalue weighted by Crippen LogP contribution is -2.43. The van der Waals surface area contributed by atoms with Gasteiger partial charge in [0.15, 0.2) is 5.82 Å². The maximum Gasteiger partial charge on any atom is 0.165 e. The van der Waals surface area contributed by atoms with Gasteiger partial charge < -0.3 is 0 Å². The molecule has 3 rings (SSSR count). The molecule has 0 unspecified atom stereocenters. The number of fused-ring (bicyclic) bond motifs is 1. The number of nitrogens with zero attached hydrogens (tertiary/aromatic N) is 5. The van der Waals surface area contributed by atoms with Crippen molar-refractivity contribution in [3.63, 3.8) is 0 Å². The number of hydrogen-bond acceptors (Lipinski definition) is 4. The van der Waals surface area contributed by atoms with Crippen molar-refractivity contribution >= 4 is 0 Å². The van der Waals surface area contributed by atoms with E-state index >= 15 is 0 Å². The van der Waals surface area contributed by atoms with Crippen molar-refractivity contribution in [1.82, 2.24) is 25.1 Å². The summed E-state index contributed by atoms with van der Waals surface area (Å²) in [4.78, 5) is 2.50. The lowest BCUT2D eigenvalue weighted by molar-refractivity contribution is 0.105. The molecule has 0 N–H and O–H groups in total. The summed E-state index contributed by atoms with van der Waals surface area (Å²) in [6.07, 6.45) is 1.17. The molecule has 1 aromatic carbocycles. The molecule has 20 heavy (non-hydrogen) atoms. The molecule has 0 radical (unpaired) electrons. The van der Waals surface area contributed by atoms with E-state index in [1.807, 2.05) is 4.68 Å². The monoisotopic (exact) mass is 271 g/mol. The van der Waals surface area contributed by atoms with Crippen LogP contribution in [0, 0.1) is 5.92 Å². The average Bonchev–Trinajstić information content (AvgIpc) is 2.86. The van der Waals surface area contributed by atoms with Crippen LogP contribution in [0.25, 0.3) is 0 Å². The average molecular weight is 271 g/mol. The first-order valence-electron chi connectivity index (χ1n) is 7.25. The first-order valence-corrected chi connectivity index (χ1v) is 7.25. The van der Waals surface area contributed by atoms with Crippen LogP contribution in [0.15, 0.2) is 30.3 Å². The molecule has 2 aromatic rings. The van der Waals surface area contributed by atoms with Gasteiger partial charge in [0.1, 0.15) is 0 Å². The highest BCUT2D eigenvalue weighted by molar-refractivity contribution is 5.15. The Hall–Kier alpha value is -1.75. The minimum Gasteiger partial charge on any atom is -0.287 e. The molecule has 0 saturated carbocycles. The summed E-state index contributed by atoms with van der Waals surface area (Å²) in [6.45, 7) is 7.24. The molecule has 0 saturated heterocycles. The Balaban J connectivity index is 1.79. The summed E-state index contributed by atoms with van der Waals surface area (Å²) in [5, 5.41) is 12.0. The van der Waals surface area contributed by atoms with Gasteiger partial charge in [-0.15, -0.1) is 5.10 Å². The second-order valence-corrected chi connectivity index (χ2v) is 5.95. The third-order valence-electron chi connectivity index (χ3n) is 3.82. The molecule has 5 nitrogen and oxygen atoms in total. The molecule has 1 aliphatic heterocycles. The van der Waals surface area contributed by atoms with Gasteiger partial charge in [-0.05, 0) is 28.3 Å². The van der Waals surface area contributed by atoms with Gasteiger partial charge in [-0.1, -0.05) is 44.2 Å². The SMILES string of the molecule is CC(C)C[C@H]1Cn2nnnc2CN1Cc1ccccc1. The second kappa shape index (κ2) is 5.71. The molecule has 0 fully saturated rings. The molecular weight excluding hydrogens is 250 g/mol. The molecule has 1 aliphatic rings. The Bertz CT molecular complexity index is 548. The second-order valence-electron chi connectivity index (χ2n) is 5.95. The number of aromatic nitrogens is 4. The summed E-state index contributed by atoms with van der Waals surface area (Å²) in [6, 6.07) is 11.1. The zero-order valence-electron chi connectivity index (χ0n) is 12.1. The van der Waals surface area contributed by atoms with Crippen molar-refractivity contribution < 1.29 is 0 Å². The fourth-order valence-electron chi connectivity index (χ4n) is 2.87. The van der Waals surface area contributed by atoms with Crippen molar-refractivity contribution in [2.24, 2.45) is 5.92 Å². The molecule has 0 aliphatic carbocycles. The smallest absolute Gasteiger partial charge is 0.165 e. The van der Waals surface area contributed by atoms with Gasteiger partial charge in [0.2, 0.25) is 0 Å². The number of hydrogen-bond donors (Lipinski definition) is 0. The largest absolute Gasteiger partial charge is 0.287 e. The normalized spacial score (nSPS) is 19.2. The topological polar surface area (TPSA) is 46.8 Å². The standard InChI is InChI=1S/C15H21N5/c1-12(2)8-14-10-20-15(16-17-18-20)11-19(14)9-13-6-4-3-5-7-13/h3-7,12,14H,8-11H2,1-2H3/t14-/m0/s1. The van der Waals surface area contributed by atoms with E-state index in [4.69, 9.17) is 0 Å². The van der Waals surface area contributed by atoms with Crippen LogP contribution in [0.1, 0.15) is 31.7 Å². The van der Waals surface area contributed by atoms with Gasteiger partial charge >= 0.3 is 0 Å². The van der Waals surface area contributed by atoms with Crippen molar-refractivity contribution in [2.45, 2.75) is 45.9 Å². The Labute approximate surface area is 119 Å². The van der Waals surface area contributed by atoms with E-state index in [-0.39, 0.29) is 0 Å². The fourth-order valence-corrected chi connectivity index (χ4v) is 2.87. The maximum atomic E-state index is 4.12. The Morgan fingerprint density at radius 2 is 2.05 bits per heavy atom. The van der Waals surface area contributed by atoms with Crippen LogP contribution in [0.3, 0.4) is 0 Å². The zero-order chi connectivity index (χ0) is 13.9. The first kappa shape index (κ1) is 13.2. The van der Waals surface area contributed by atoms with Gasteiger partial charge in [-0.2, -0.15) is 0 Å². The van der Waals surface area contributed by atoms with Crippen molar-refractivity contribution in [3.05, 3.63) is 41.7 Å². The lowest BCUT2D eigenvalue weighted by Gasteiger charge is -2.35. The molecule has 2 heterocycles. The van der Waals surface area contributed by atoms with E-state index in [9.17, 15) is 0 Å². The maximum absolute atomic E-state index is 4.12. The Kier molecular flexibility index (Phi) is 3.78. The van der Waals surface area contributed by atoms with E-state index in [2.05, 4.69) is 64.6 Å². The lowest BCUT2D eigenvalue weighted by atomic mass is 10.00. The van der Waals surface area contributed by atoms with Crippen LogP contribution in [0.5, 0.6) is 0 Å². The quantitative estimate of drug-likeness (QED) is 0.854. The van der Waals surface area contributed by atoms with Crippen LogP contribution in [-0.2, 0) is 19.6 Å². The summed E-state index contributed by atoms with van der Waals surface area (Å²) in [7, 11) is 0. The predicted octanol–water partition coefficient (Wildman–Crippen LogP) is 2.10. The number of benzene rings is 1. The third-order valence-corrected chi connectivity index (χ3v) is 3.82. The van der Waals surface area contributed by atoms with E-state index in [0.717, 1.165) is 25.5 Å². The van der Waals surface area contributed by atoms with Crippen molar-refractivity contribution in [1.29, 1.82) is 0 Å². The first-order chi connectivity index (χ1) is 9.72. The van der Waals surface area contributed by atoms with Gasteiger partial charge in [0, 0.05) is 12.6 Å². The summed E-state index contributed by atoms with van der Waals surface area (Å²) >= 11 is 0. The number of tetrazole rings is 1. The van der Waals surface area contributed by atoms with Crippen molar-refractivity contribution in [3.8, 4) is 0 Å². The minimum atomic E-state index is 0.506. The van der Waals surface area contributed by atoms with Gasteiger partial charge in [-0.25, -0.2) is 4.68 Å². The fraction of sp³-hybridized carbons (Fsp3) is 0.533. The molecule has 1 atom stereocenters. The van der Waals surface area contributed by atoms with Crippen LogP contribution >= 0.6 is 0 Å². The van der Waals surface area contributed by atoms with Gasteiger partial charge in [-0.3, -0.25) is 4.90 Å².